The maximum absolute atomic E-state index is 12.3. The van der Waals surface area contributed by atoms with Crippen molar-refractivity contribution in [2.45, 2.75) is 32.7 Å². The molecule has 2 N–H and O–H groups in total. The highest BCUT2D eigenvalue weighted by molar-refractivity contribution is 5.92. The molecule has 28 heavy (non-hydrogen) atoms. The van der Waals surface area contributed by atoms with E-state index in [1.54, 1.807) is 19.9 Å². The lowest BCUT2D eigenvalue weighted by atomic mass is 9.98. The Balaban J connectivity index is 2.02. The van der Waals surface area contributed by atoms with Crippen molar-refractivity contribution in [3.8, 4) is 11.5 Å². The Morgan fingerprint density at radius 1 is 1.18 bits per heavy atom. The van der Waals surface area contributed by atoms with Crippen LogP contribution in [0.3, 0.4) is 0 Å². The Morgan fingerprint density at radius 2 is 1.82 bits per heavy atom. The first-order chi connectivity index (χ1) is 13.1. The Hall–Kier alpha value is -3.16. The minimum atomic E-state index is -4.75. The fraction of sp³-hybridized carbons (Fsp3) is 0.250. The second-order valence-corrected chi connectivity index (χ2v) is 6.54. The Kier molecular flexibility index (Phi) is 4.97. The van der Waals surface area contributed by atoms with Crippen molar-refractivity contribution in [1.82, 2.24) is 4.57 Å². The minimum absolute atomic E-state index is 0.0251. The first kappa shape index (κ1) is 19.6. The number of carbonyl (C=O) groups is 1. The Labute approximate surface area is 158 Å². The molecule has 5 nitrogen and oxygen atoms in total. The first-order valence-electron chi connectivity index (χ1n) is 8.46. The van der Waals surface area contributed by atoms with Gasteiger partial charge >= 0.3 is 12.3 Å². The number of aromatic hydroxyl groups is 1. The highest BCUT2D eigenvalue weighted by atomic mass is 19.4. The van der Waals surface area contributed by atoms with Gasteiger partial charge in [-0.1, -0.05) is 12.1 Å². The normalized spacial score (nSPS) is 12.9. The molecule has 2 aromatic carbocycles. The molecule has 0 spiro atoms. The standard InChI is InChI=1S/C20H18F3NO4/c1-11(19(26)27)18-12(2)24(17-8-5-14(25)9-16(17)18)10-13-3-6-15(7-4-13)28-20(21,22)23/h3-9,11,25H,10H2,1-2H3,(H,26,27). The third-order valence-corrected chi connectivity index (χ3v) is 4.66. The van der Waals surface area contributed by atoms with Crippen LogP contribution in [0.4, 0.5) is 13.2 Å². The number of benzene rings is 2. The molecule has 0 saturated carbocycles. The number of halogens is 3. The summed E-state index contributed by atoms with van der Waals surface area (Å²) >= 11 is 0. The maximum atomic E-state index is 12.3. The summed E-state index contributed by atoms with van der Waals surface area (Å²) in [5.41, 5.74) is 2.76. The van der Waals surface area contributed by atoms with Crippen molar-refractivity contribution < 1.29 is 32.9 Å². The summed E-state index contributed by atoms with van der Waals surface area (Å²) in [6, 6.07) is 10.2. The van der Waals surface area contributed by atoms with E-state index in [1.807, 2.05) is 4.57 Å². The van der Waals surface area contributed by atoms with Gasteiger partial charge in [-0.15, -0.1) is 13.2 Å². The maximum Gasteiger partial charge on any atom is 0.573 e. The third-order valence-electron chi connectivity index (χ3n) is 4.66. The number of phenols is 1. The molecule has 0 fully saturated rings. The van der Waals surface area contributed by atoms with Crippen LogP contribution in [0.15, 0.2) is 42.5 Å². The number of carboxylic acids is 1. The summed E-state index contributed by atoms with van der Waals surface area (Å²) in [4.78, 5) is 11.5. The molecule has 0 radical (unpaired) electrons. The lowest BCUT2D eigenvalue weighted by Gasteiger charge is -2.12. The topological polar surface area (TPSA) is 71.7 Å². The summed E-state index contributed by atoms with van der Waals surface area (Å²) in [7, 11) is 0. The van der Waals surface area contributed by atoms with E-state index in [4.69, 9.17) is 0 Å². The molecule has 3 rings (SSSR count). The van der Waals surface area contributed by atoms with Gasteiger partial charge in [0.15, 0.2) is 0 Å². The van der Waals surface area contributed by atoms with Crippen LogP contribution in [-0.4, -0.2) is 27.1 Å². The zero-order valence-electron chi connectivity index (χ0n) is 15.1. The van der Waals surface area contributed by atoms with Gasteiger partial charge in [-0.3, -0.25) is 4.79 Å². The van der Waals surface area contributed by atoms with Crippen molar-refractivity contribution >= 4 is 16.9 Å². The number of fused-ring (bicyclic) bond motifs is 1. The molecular formula is C20H18F3NO4. The number of rotatable bonds is 5. The van der Waals surface area contributed by atoms with E-state index in [-0.39, 0.29) is 11.5 Å². The van der Waals surface area contributed by atoms with Crippen LogP contribution in [0.25, 0.3) is 10.9 Å². The van der Waals surface area contributed by atoms with Gasteiger partial charge in [0.25, 0.3) is 0 Å². The molecule has 0 bridgehead atoms. The second-order valence-electron chi connectivity index (χ2n) is 6.54. The lowest BCUT2D eigenvalue weighted by molar-refractivity contribution is -0.274. The molecule has 0 aliphatic rings. The minimum Gasteiger partial charge on any atom is -0.508 e. The highest BCUT2D eigenvalue weighted by Crippen LogP contribution is 2.34. The summed E-state index contributed by atoms with van der Waals surface area (Å²) < 4.78 is 42.6. The number of aromatic nitrogens is 1. The average molecular weight is 393 g/mol. The van der Waals surface area contributed by atoms with E-state index in [2.05, 4.69) is 4.74 Å². The molecular weight excluding hydrogens is 375 g/mol. The van der Waals surface area contributed by atoms with E-state index in [0.717, 1.165) is 11.1 Å². The van der Waals surface area contributed by atoms with Gasteiger partial charge in [0.2, 0.25) is 0 Å². The average Bonchev–Trinajstić information content (AvgIpc) is 2.85. The van der Waals surface area contributed by atoms with Crippen LogP contribution in [0.5, 0.6) is 11.5 Å². The zero-order valence-corrected chi connectivity index (χ0v) is 15.1. The predicted molar refractivity (Wildman–Crippen MR) is 96.6 cm³/mol. The number of aliphatic carboxylic acids is 1. The van der Waals surface area contributed by atoms with E-state index in [0.29, 0.717) is 23.2 Å². The molecule has 1 unspecified atom stereocenters. The van der Waals surface area contributed by atoms with Gasteiger partial charge in [0.1, 0.15) is 11.5 Å². The molecule has 3 aromatic rings. The number of hydrogen-bond donors (Lipinski definition) is 2. The number of phenolic OH excluding ortho intramolecular Hbond substituents is 1. The van der Waals surface area contributed by atoms with E-state index in [9.17, 15) is 28.2 Å². The molecule has 1 heterocycles. The number of alkyl halides is 3. The van der Waals surface area contributed by atoms with Crippen molar-refractivity contribution in [3.05, 3.63) is 59.3 Å². The van der Waals surface area contributed by atoms with Crippen LogP contribution in [-0.2, 0) is 11.3 Å². The van der Waals surface area contributed by atoms with E-state index in [1.165, 1.54) is 36.4 Å². The van der Waals surface area contributed by atoms with Crippen LogP contribution >= 0.6 is 0 Å². The second kappa shape index (κ2) is 7.10. The molecule has 148 valence electrons. The van der Waals surface area contributed by atoms with Gasteiger partial charge in [-0.2, -0.15) is 0 Å². The van der Waals surface area contributed by atoms with Crippen LogP contribution in [0, 0.1) is 6.92 Å². The van der Waals surface area contributed by atoms with Crippen molar-refractivity contribution in [2.75, 3.05) is 0 Å². The smallest absolute Gasteiger partial charge is 0.508 e. The van der Waals surface area contributed by atoms with Gasteiger partial charge in [-0.25, -0.2) is 0 Å². The van der Waals surface area contributed by atoms with Gasteiger partial charge in [0, 0.05) is 23.1 Å². The monoisotopic (exact) mass is 393 g/mol. The summed E-state index contributed by atoms with van der Waals surface area (Å²) in [6.07, 6.45) is -4.75. The summed E-state index contributed by atoms with van der Waals surface area (Å²) in [5, 5.41) is 19.9. The molecule has 1 aromatic heterocycles. The summed E-state index contributed by atoms with van der Waals surface area (Å²) in [6.45, 7) is 3.68. The molecule has 0 aliphatic carbocycles. The number of carboxylic acid groups (broad SMARTS) is 1. The molecule has 0 amide bonds. The fourth-order valence-electron chi connectivity index (χ4n) is 3.35. The zero-order chi connectivity index (χ0) is 20.6. The van der Waals surface area contributed by atoms with E-state index >= 15 is 0 Å². The Bertz CT molecular complexity index is 1020. The van der Waals surface area contributed by atoms with E-state index < -0.39 is 18.2 Å². The van der Waals surface area contributed by atoms with Gasteiger partial charge in [-0.05, 0) is 55.3 Å². The Morgan fingerprint density at radius 3 is 2.39 bits per heavy atom. The fourth-order valence-corrected chi connectivity index (χ4v) is 3.35. The number of hydrogen-bond acceptors (Lipinski definition) is 3. The van der Waals surface area contributed by atoms with Crippen molar-refractivity contribution in [3.63, 3.8) is 0 Å². The molecule has 0 aliphatic heterocycles. The van der Waals surface area contributed by atoms with Crippen LogP contribution in [0.1, 0.15) is 29.7 Å². The SMILES string of the molecule is Cc1c(C(C)C(=O)O)c2cc(O)ccc2n1Cc1ccc(OC(F)(F)F)cc1. The van der Waals surface area contributed by atoms with Gasteiger partial charge in [0.05, 0.1) is 5.92 Å². The first-order valence-corrected chi connectivity index (χ1v) is 8.46. The van der Waals surface area contributed by atoms with Crippen LogP contribution in [0.2, 0.25) is 0 Å². The van der Waals surface area contributed by atoms with Gasteiger partial charge < -0.3 is 19.5 Å². The third kappa shape index (κ3) is 3.90. The number of nitrogens with zero attached hydrogens (tertiary/aromatic N) is 1. The predicted octanol–water partition coefficient (Wildman–Crippen LogP) is 4.79. The summed E-state index contributed by atoms with van der Waals surface area (Å²) in [5.74, 6) is -2.06. The van der Waals surface area contributed by atoms with Crippen molar-refractivity contribution in [2.24, 2.45) is 0 Å². The lowest BCUT2D eigenvalue weighted by Crippen LogP contribution is -2.17. The highest BCUT2D eigenvalue weighted by Gasteiger charge is 2.31. The molecule has 1 atom stereocenters. The largest absolute Gasteiger partial charge is 0.573 e. The molecule has 0 saturated heterocycles. The van der Waals surface area contributed by atoms with Crippen LogP contribution < -0.4 is 4.74 Å². The van der Waals surface area contributed by atoms with Crippen molar-refractivity contribution in [1.29, 1.82) is 0 Å². The quantitative estimate of drug-likeness (QED) is 0.654. The number of ether oxygens (including phenoxy) is 1. The molecule has 8 heteroatoms.